The first-order valence-corrected chi connectivity index (χ1v) is 4.86. The molecule has 0 aromatic carbocycles. The molecule has 13 heavy (non-hydrogen) atoms. The maximum absolute atomic E-state index is 5.16. The van der Waals surface area contributed by atoms with Crippen LogP contribution in [-0.4, -0.2) is 24.0 Å². The molecule has 1 rings (SSSR count). The minimum absolute atomic E-state index is 0.135. The van der Waals surface area contributed by atoms with E-state index in [1.807, 2.05) is 10.9 Å². The molecule has 0 aliphatic heterocycles. The second-order valence-corrected chi connectivity index (χ2v) is 3.18. The Labute approximate surface area is 80.9 Å². The van der Waals surface area contributed by atoms with Gasteiger partial charge in [0, 0.05) is 18.5 Å². The van der Waals surface area contributed by atoms with Crippen LogP contribution in [-0.2, 0) is 6.54 Å². The van der Waals surface area contributed by atoms with Gasteiger partial charge in [-0.1, -0.05) is 0 Å². The van der Waals surface area contributed by atoms with Crippen molar-refractivity contribution in [3.63, 3.8) is 0 Å². The van der Waals surface area contributed by atoms with E-state index in [2.05, 4.69) is 15.3 Å². The normalized spacial score (nSPS) is 9.85. The molecular formula is C7H13N5S. The van der Waals surface area contributed by atoms with Gasteiger partial charge in [-0.15, -0.1) is 11.3 Å². The van der Waals surface area contributed by atoms with Gasteiger partial charge in [0.25, 0.3) is 0 Å². The lowest BCUT2D eigenvalue weighted by Crippen LogP contribution is -2.25. The van der Waals surface area contributed by atoms with Crippen LogP contribution in [0.2, 0.25) is 0 Å². The number of nitrogens with zero attached hydrogens (tertiary/aromatic N) is 2. The predicted molar refractivity (Wildman–Crippen MR) is 54.5 cm³/mol. The molecule has 0 amide bonds. The van der Waals surface area contributed by atoms with E-state index in [4.69, 9.17) is 11.5 Å². The van der Waals surface area contributed by atoms with Gasteiger partial charge < -0.3 is 16.8 Å². The highest BCUT2D eigenvalue weighted by Crippen LogP contribution is 1.99. The number of nitrogens with one attached hydrogen (secondary N) is 1. The van der Waals surface area contributed by atoms with Gasteiger partial charge >= 0.3 is 0 Å². The van der Waals surface area contributed by atoms with Crippen LogP contribution in [0.15, 0.2) is 15.9 Å². The molecule has 0 saturated carbocycles. The summed E-state index contributed by atoms with van der Waals surface area (Å²) in [7, 11) is 0. The van der Waals surface area contributed by atoms with E-state index in [9.17, 15) is 0 Å². The molecule has 0 bridgehead atoms. The van der Waals surface area contributed by atoms with E-state index in [0.29, 0.717) is 6.54 Å². The fourth-order valence-corrected chi connectivity index (χ4v) is 1.36. The van der Waals surface area contributed by atoms with Crippen molar-refractivity contribution >= 4 is 17.3 Å². The first-order chi connectivity index (χ1) is 6.29. The Kier molecular flexibility index (Phi) is 4.20. The van der Waals surface area contributed by atoms with E-state index in [0.717, 1.165) is 18.8 Å². The minimum atomic E-state index is 0.135. The predicted octanol–water partition coefficient (Wildman–Crippen LogP) is -0.494. The molecular weight excluding hydrogens is 186 g/mol. The highest BCUT2D eigenvalue weighted by atomic mass is 32.1. The highest BCUT2D eigenvalue weighted by molar-refractivity contribution is 7.07. The number of guanidine groups is 1. The van der Waals surface area contributed by atoms with Crippen molar-refractivity contribution in [1.29, 1.82) is 0 Å². The lowest BCUT2D eigenvalue weighted by atomic mass is 10.5. The van der Waals surface area contributed by atoms with Crippen LogP contribution < -0.4 is 16.8 Å². The molecule has 5 N–H and O–H groups in total. The largest absolute Gasteiger partial charge is 0.370 e. The van der Waals surface area contributed by atoms with Gasteiger partial charge in [-0.25, -0.2) is 4.98 Å². The average molecular weight is 199 g/mol. The Morgan fingerprint density at radius 2 is 2.46 bits per heavy atom. The first-order valence-electron chi connectivity index (χ1n) is 3.92. The lowest BCUT2D eigenvalue weighted by molar-refractivity contribution is 0.685. The van der Waals surface area contributed by atoms with E-state index < -0.39 is 0 Å². The second kappa shape index (κ2) is 5.50. The van der Waals surface area contributed by atoms with Crippen molar-refractivity contribution in [2.24, 2.45) is 16.5 Å². The average Bonchev–Trinajstić information content (AvgIpc) is 2.55. The first kappa shape index (κ1) is 9.94. The number of hydrogen-bond acceptors (Lipinski definition) is 4. The zero-order chi connectivity index (χ0) is 9.52. The van der Waals surface area contributed by atoms with Gasteiger partial charge in [0.15, 0.2) is 5.96 Å². The molecule has 0 saturated heterocycles. The molecule has 0 atom stereocenters. The van der Waals surface area contributed by atoms with Crippen LogP contribution in [0.4, 0.5) is 0 Å². The van der Waals surface area contributed by atoms with E-state index in [1.165, 1.54) is 0 Å². The van der Waals surface area contributed by atoms with Crippen LogP contribution in [0.5, 0.6) is 0 Å². The standard InChI is InChI=1S/C7H13N5S/c8-7(9)11-2-1-10-3-6-4-13-5-12-6/h4-5,10H,1-3H2,(H4,8,9,11). The molecule has 1 heterocycles. The number of rotatable bonds is 5. The SMILES string of the molecule is NC(N)=NCCNCc1cscn1. The quantitative estimate of drug-likeness (QED) is 0.339. The Balaban J connectivity index is 2.05. The van der Waals surface area contributed by atoms with Crippen molar-refractivity contribution < 1.29 is 0 Å². The smallest absolute Gasteiger partial charge is 0.185 e. The van der Waals surface area contributed by atoms with Gasteiger partial charge in [0.2, 0.25) is 0 Å². The van der Waals surface area contributed by atoms with E-state index in [1.54, 1.807) is 11.3 Å². The summed E-state index contributed by atoms with van der Waals surface area (Å²) >= 11 is 1.59. The van der Waals surface area contributed by atoms with Crippen molar-refractivity contribution in [2.45, 2.75) is 6.54 Å². The maximum atomic E-state index is 5.16. The fourth-order valence-electron chi connectivity index (χ4n) is 0.805. The van der Waals surface area contributed by atoms with Crippen LogP contribution in [0, 0.1) is 0 Å². The van der Waals surface area contributed by atoms with Gasteiger partial charge in [-0.05, 0) is 0 Å². The Bertz CT molecular complexity index is 252. The zero-order valence-electron chi connectivity index (χ0n) is 7.23. The molecule has 1 aromatic heterocycles. The number of aromatic nitrogens is 1. The third-order valence-corrected chi connectivity index (χ3v) is 2.01. The van der Waals surface area contributed by atoms with Crippen LogP contribution in [0.25, 0.3) is 0 Å². The third-order valence-electron chi connectivity index (χ3n) is 1.37. The third kappa shape index (κ3) is 4.44. The summed E-state index contributed by atoms with van der Waals surface area (Å²) < 4.78 is 0. The van der Waals surface area contributed by atoms with E-state index >= 15 is 0 Å². The van der Waals surface area contributed by atoms with Crippen molar-refractivity contribution in [2.75, 3.05) is 13.1 Å². The van der Waals surface area contributed by atoms with Crippen molar-refractivity contribution in [3.8, 4) is 0 Å². The summed E-state index contributed by atoms with van der Waals surface area (Å²) in [6, 6.07) is 0. The van der Waals surface area contributed by atoms with Crippen molar-refractivity contribution in [1.82, 2.24) is 10.3 Å². The summed E-state index contributed by atoms with van der Waals surface area (Å²) in [6.45, 7) is 2.13. The Hall–Kier alpha value is -1.14. The van der Waals surface area contributed by atoms with Crippen LogP contribution >= 0.6 is 11.3 Å². The zero-order valence-corrected chi connectivity index (χ0v) is 8.05. The second-order valence-electron chi connectivity index (χ2n) is 2.46. The van der Waals surface area contributed by atoms with E-state index in [-0.39, 0.29) is 5.96 Å². The van der Waals surface area contributed by atoms with Gasteiger partial charge in [-0.2, -0.15) is 0 Å². The molecule has 6 heteroatoms. The monoisotopic (exact) mass is 199 g/mol. The fraction of sp³-hybridized carbons (Fsp3) is 0.429. The molecule has 0 unspecified atom stereocenters. The van der Waals surface area contributed by atoms with Crippen molar-refractivity contribution in [3.05, 3.63) is 16.6 Å². The summed E-state index contributed by atoms with van der Waals surface area (Å²) in [4.78, 5) is 7.96. The topological polar surface area (TPSA) is 89.3 Å². The number of aliphatic imine (C=N–C) groups is 1. The molecule has 5 nitrogen and oxygen atoms in total. The maximum Gasteiger partial charge on any atom is 0.185 e. The van der Waals surface area contributed by atoms with Gasteiger partial charge in [-0.3, -0.25) is 4.99 Å². The molecule has 0 fully saturated rings. The molecule has 0 aliphatic carbocycles. The van der Waals surface area contributed by atoms with Crippen LogP contribution in [0.1, 0.15) is 5.69 Å². The molecule has 72 valence electrons. The number of nitrogens with two attached hydrogens (primary N) is 2. The van der Waals surface area contributed by atoms with Gasteiger partial charge in [0.1, 0.15) is 0 Å². The molecule has 0 spiro atoms. The lowest BCUT2D eigenvalue weighted by Gasteiger charge is -1.99. The summed E-state index contributed by atoms with van der Waals surface area (Å²) in [5.74, 6) is 0.135. The van der Waals surface area contributed by atoms with Gasteiger partial charge in [0.05, 0.1) is 17.7 Å². The summed E-state index contributed by atoms with van der Waals surface area (Å²) in [6.07, 6.45) is 0. The minimum Gasteiger partial charge on any atom is -0.370 e. The Morgan fingerprint density at radius 1 is 1.62 bits per heavy atom. The molecule has 0 aliphatic rings. The number of thiazole rings is 1. The van der Waals surface area contributed by atoms with Crippen LogP contribution in [0.3, 0.4) is 0 Å². The summed E-state index contributed by atoms with van der Waals surface area (Å²) in [5, 5.41) is 5.18. The summed E-state index contributed by atoms with van der Waals surface area (Å²) in [5.41, 5.74) is 13.2. The number of hydrogen-bond donors (Lipinski definition) is 3. The Morgan fingerprint density at radius 3 is 3.08 bits per heavy atom. The molecule has 0 radical (unpaired) electrons. The highest BCUT2D eigenvalue weighted by Gasteiger charge is 1.92. The molecule has 1 aromatic rings.